The Bertz CT molecular complexity index is 501. The number of rotatable bonds is 3. The number of aromatic nitrogens is 2. The summed E-state index contributed by atoms with van der Waals surface area (Å²) in [5.41, 5.74) is 0.400. The third kappa shape index (κ3) is 2.05. The maximum Gasteiger partial charge on any atom is 0.249 e. The summed E-state index contributed by atoms with van der Waals surface area (Å²) in [6, 6.07) is 4.44. The summed E-state index contributed by atoms with van der Waals surface area (Å²) >= 11 is 5.80. The summed E-state index contributed by atoms with van der Waals surface area (Å²) < 4.78 is 18.5. The second kappa shape index (κ2) is 4.59. The van der Waals surface area contributed by atoms with Crippen LogP contribution in [0.5, 0.6) is 0 Å². The van der Waals surface area contributed by atoms with Crippen molar-refractivity contribution in [1.29, 1.82) is 0 Å². The van der Waals surface area contributed by atoms with E-state index in [1.54, 1.807) is 19.2 Å². The Morgan fingerprint density at radius 2 is 2.25 bits per heavy atom. The summed E-state index contributed by atoms with van der Waals surface area (Å²) in [5, 5.41) is 10.5. The van der Waals surface area contributed by atoms with Gasteiger partial charge in [0.15, 0.2) is 0 Å². The van der Waals surface area contributed by atoms with Crippen LogP contribution in [0.25, 0.3) is 11.5 Å². The highest BCUT2D eigenvalue weighted by molar-refractivity contribution is 6.33. The zero-order valence-corrected chi connectivity index (χ0v) is 9.25. The molecule has 1 aromatic heterocycles. The van der Waals surface area contributed by atoms with E-state index in [-0.39, 0.29) is 10.9 Å². The van der Waals surface area contributed by atoms with Crippen molar-refractivity contribution in [2.24, 2.45) is 0 Å². The lowest BCUT2D eigenvalue weighted by Crippen LogP contribution is -2.04. The van der Waals surface area contributed by atoms with E-state index in [4.69, 9.17) is 16.0 Å². The molecule has 0 amide bonds. The molecule has 0 saturated heterocycles. The fraction of sp³-hybridized carbons (Fsp3) is 0.200. The minimum atomic E-state index is -0.507. The maximum absolute atomic E-state index is 13.2. The van der Waals surface area contributed by atoms with Gasteiger partial charge in [-0.25, -0.2) is 4.39 Å². The number of nitrogens with zero attached hydrogens (tertiary/aromatic N) is 2. The molecule has 0 aliphatic rings. The van der Waals surface area contributed by atoms with Crippen LogP contribution in [-0.4, -0.2) is 17.2 Å². The van der Waals surface area contributed by atoms with Gasteiger partial charge in [-0.1, -0.05) is 17.7 Å². The molecule has 0 radical (unpaired) electrons. The van der Waals surface area contributed by atoms with E-state index in [2.05, 4.69) is 15.5 Å². The molecule has 0 aliphatic heterocycles. The first-order valence-electron chi connectivity index (χ1n) is 4.63. The van der Waals surface area contributed by atoms with Gasteiger partial charge >= 0.3 is 0 Å². The Morgan fingerprint density at radius 1 is 1.44 bits per heavy atom. The van der Waals surface area contributed by atoms with Crippen molar-refractivity contribution in [3.05, 3.63) is 34.9 Å². The van der Waals surface area contributed by atoms with Gasteiger partial charge in [-0.2, -0.15) is 0 Å². The molecule has 2 rings (SSSR count). The lowest BCUT2D eigenvalue weighted by molar-refractivity contribution is 0.490. The van der Waals surface area contributed by atoms with E-state index in [0.717, 1.165) is 0 Å². The molecule has 0 unspecified atom stereocenters. The van der Waals surface area contributed by atoms with Gasteiger partial charge in [0.05, 0.1) is 17.1 Å². The lowest BCUT2D eigenvalue weighted by Gasteiger charge is -1.99. The molecule has 0 aliphatic carbocycles. The third-order valence-electron chi connectivity index (χ3n) is 1.98. The van der Waals surface area contributed by atoms with Gasteiger partial charge in [-0.15, -0.1) is 10.2 Å². The molecular weight excluding hydrogens is 233 g/mol. The molecule has 6 heteroatoms. The molecule has 0 spiro atoms. The van der Waals surface area contributed by atoms with Crippen LogP contribution in [0.4, 0.5) is 4.39 Å². The quantitative estimate of drug-likeness (QED) is 0.896. The van der Waals surface area contributed by atoms with Crippen LogP contribution in [0.2, 0.25) is 5.02 Å². The van der Waals surface area contributed by atoms with Crippen LogP contribution in [0, 0.1) is 5.82 Å². The van der Waals surface area contributed by atoms with Gasteiger partial charge < -0.3 is 9.73 Å². The van der Waals surface area contributed by atoms with Crippen LogP contribution in [-0.2, 0) is 6.54 Å². The molecule has 16 heavy (non-hydrogen) atoms. The molecule has 0 fully saturated rings. The van der Waals surface area contributed by atoms with Crippen LogP contribution in [0.15, 0.2) is 22.6 Å². The summed E-state index contributed by atoms with van der Waals surface area (Å²) in [6.07, 6.45) is 0. The highest BCUT2D eigenvalue weighted by atomic mass is 35.5. The van der Waals surface area contributed by atoms with Crippen molar-refractivity contribution in [3.63, 3.8) is 0 Å². The molecule has 4 nitrogen and oxygen atoms in total. The minimum absolute atomic E-state index is 0.0119. The monoisotopic (exact) mass is 241 g/mol. The molecule has 0 bridgehead atoms. The fourth-order valence-corrected chi connectivity index (χ4v) is 1.46. The molecule has 1 aromatic carbocycles. The summed E-state index contributed by atoms with van der Waals surface area (Å²) in [7, 11) is 1.76. The first-order chi connectivity index (χ1) is 7.72. The summed E-state index contributed by atoms with van der Waals surface area (Å²) in [4.78, 5) is 0. The highest BCUT2D eigenvalue weighted by Crippen LogP contribution is 2.28. The predicted octanol–water partition coefficient (Wildman–Crippen LogP) is 2.25. The van der Waals surface area contributed by atoms with Gasteiger partial charge in [0, 0.05) is 0 Å². The van der Waals surface area contributed by atoms with E-state index in [1.807, 2.05) is 0 Å². The SMILES string of the molecule is CNCc1nnc(-c2cccc(F)c2Cl)o1. The van der Waals surface area contributed by atoms with Gasteiger partial charge in [-0.05, 0) is 19.2 Å². The van der Waals surface area contributed by atoms with Gasteiger partial charge in [0.2, 0.25) is 11.8 Å². The van der Waals surface area contributed by atoms with E-state index < -0.39 is 5.82 Å². The minimum Gasteiger partial charge on any atom is -0.419 e. The molecule has 84 valence electrons. The Balaban J connectivity index is 2.39. The van der Waals surface area contributed by atoms with Crippen LogP contribution >= 0.6 is 11.6 Å². The van der Waals surface area contributed by atoms with Crippen molar-refractivity contribution < 1.29 is 8.81 Å². The topological polar surface area (TPSA) is 51.0 Å². The van der Waals surface area contributed by atoms with Crippen molar-refractivity contribution in [1.82, 2.24) is 15.5 Å². The normalized spacial score (nSPS) is 10.7. The van der Waals surface area contributed by atoms with Crippen LogP contribution in [0.3, 0.4) is 0 Å². The zero-order valence-electron chi connectivity index (χ0n) is 8.50. The van der Waals surface area contributed by atoms with Crippen molar-refractivity contribution >= 4 is 11.6 Å². The maximum atomic E-state index is 13.2. The van der Waals surface area contributed by atoms with E-state index >= 15 is 0 Å². The summed E-state index contributed by atoms with van der Waals surface area (Å²) in [6.45, 7) is 0.458. The number of hydrogen-bond acceptors (Lipinski definition) is 4. The first-order valence-corrected chi connectivity index (χ1v) is 5.01. The number of hydrogen-bond donors (Lipinski definition) is 1. The summed E-state index contributed by atoms with van der Waals surface area (Å²) in [5.74, 6) is 0.139. The molecule has 2 aromatic rings. The molecule has 1 heterocycles. The third-order valence-corrected chi connectivity index (χ3v) is 2.36. The average Bonchev–Trinajstić information content (AvgIpc) is 2.71. The Kier molecular flexibility index (Phi) is 3.17. The van der Waals surface area contributed by atoms with Crippen molar-refractivity contribution in [2.45, 2.75) is 6.54 Å². The number of nitrogens with one attached hydrogen (secondary N) is 1. The Labute approximate surface area is 96.4 Å². The predicted molar refractivity (Wildman–Crippen MR) is 57.5 cm³/mol. The Morgan fingerprint density at radius 3 is 3.00 bits per heavy atom. The van der Waals surface area contributed by atoms with Gasteiger partial charge in [-0.3, -0.25) is 0 Å². The first kappa shape index (κ1) is 11.0. The smallest absolute Gasteiger partial charge is 0.249 e. The molecule has 0 saturated carbocycles. The molecule has 0 atom stereocenters. The molecular formula is C10H9ClFN3O. The van der Waals surface area contributed by atoms with Crippen LogP contribution < -0.4 is 5.32 Å². The largest absolute Gasteiger partial charge is 0.419 e. The lowest BCUT2D eigenvalue weighted by atomic mass is 10.2. The van der Waals surface area contributed by atoms with E-state index in [0.29, 0.717) is 18.0 Å². The highest BCUT2D eigenvalue weighted by Gasteiger charge is 2.13. The standard InChI is InChI=1S/C10H9ClFN3O/c1-13-5-8-14-15-10(16-8)6-3-2-4-7(12)9(6)11/h2-4,13H,5H2,1H3. The van der Waals surface area contributed by atoms with Gasteiger partial charge in [0.1, 0.15) is 5.82 Å². The number of benzene rings is 1. The second-order valence-electron chi connectivity index (χ2n) is 3.13. The van der Waals surface area contributed by atoms with Crippen molar-refractivity contribution in [3.8, 4) is 11.5 Å². The number of halogens is 2. The molecule has 1 N–H and O–H groups in total. The fourth-order valence-electron chi connectivity index (χ4n) is 1.25. The van der Waals surface area contributed by atoms with E-state index in [1.165, 1.54) is 6.07 Å². The zero-order chi connectivity index (χ0) is 11.5. The second-order valence-corrected chi connectivity index (χ2v) is 3.51. The van der Waals surface area contributed by atoms with E-state index in [9.17, 15) is 4.39 Å². The average molecular weight is 242 g/mol. The van der Waals surface area contributed by atoms with Crippen molar-refractivity contribution in [2.75, 3.05) is 7.05 Å². The van der Waals surface area contributed by atoms with Crippen LogP contribution in [0.1, 0.15) is 5.89 Å². The van der Waals surface area contributed by atoms with Gasteiger partial charge in [0.25, 0.3) is 0 Å². The Hall–Kier alpha value is -1.46.